The fraction of sp³-hybridized carbons (Fsp3) is 0.154. The van der Waals surface area contributed by atoms with E-state index in [1.807, 2.05) is 67.6 Å². The summed E-state index contributed by atoms with van der Waals surface area (Å²) < 4.78 is 17.5. The van der Waals surface area contributed by atoms with Crippen molar-refractivity contribution in [3.8, 4) is 23.0 Å². The molecule has 0 bridgehead atoms. The van der Waals surface area contributed by atoms with Crippen LogP contribution in [0, 0.1) is 6.92 Å². The minimum absolute atomic E-state index is 0.0730. The molecule has 6 heteroatoms. The molecule has 0 aliphatic rings. The molecule has 4 rings (SSSR count). The third kappa shape index (κ3) is 5.35. The number of benzene rings is 3. The molecule has 162 valence electrons. The largest absolute Gasteiger partial charge is 0.489 e. The quantitative estimate of drug-likeness (QED) is 0.382. The van der Waals surface area contributed by atoms with Gasteiger partial charge in [-0.05, 0) is 42.8 Å². The predicted octanol–water partition coefficient (Wildman–Crippen LogP) is 5.44. The molecule has 6 nitrogen and oxygen atoms in total. The molecular formula is C26H23NO5. The van der Waals surface area contributed by atoms with Crippen molar-refractivity contribution in [2.24, 2.45) is 0 Å². The first-order valence-corrected chi connectivity index (χ1v) is 10.2. The van der Waals surface area contributed by atoms with Gasteiger partial charge in [-0.15, -0.1) is 0 Å². The maximum absolute atomic E-state index is 11.0. The summed E-state index contributed by atoms with van der Waals surface area (Å²) in [6.07, 6.45) is -0.0730. The summed E-state index contributed by atoms with van der Waals surface area (Å²) in [6, 6.07) is 24.5. The normalized spacial score (nSPS) is 10.7. The van der Waals surface area contributed by atoms with Gasteiger partial charge in [-0.25, -0.2) is 4.98 Å². The average molecular weight is 429 g/mol. The van der Waals surface area contributed by atoms with Gasteiger partial charge in [0.25, 0.3) is 0 Å². The number of rotatable bonds is 9. The van der Waals surface area contributed by atoms with E-state index in [0.29, 0.717) is 36.2 Å². The van der Waals surface area contributed by atoms with Crippen LogP contribution in [0.1, 0.15) is 22.6 Å². The number of aryl methyl sites for hydroxylation is 1. The maximum Gasteiger partial charge on any atom is 0.307 e. The number of aliphatic carboxylic acids is 1. The number of carboxylic acids is 1. The van der Waals surface area contributed by atoms with Crippen LogP contribution >= 0.6 is 0 Å². The zero-order valence-corrected chi connectivity index (χ0v) is 17.7. The van der Waals surface area contributed by atoms with E-state index in [9.17, 15) is 4.79 Å². The highest BCUT2D eigenvalue weighted by molar-refractivity contribution is 5.71. The van der Waals surface area contributed by atoms with E-state index in [2.05, 4.69) is 4.98 Å². The standard InChI is InChI=1S/C26H23NO5/c1-18-23(27-26(32-18)20-7-3-2-4-8-20)17-30-22-13-11-19(12-14-22)16-31-24-10-6-5-9-21(24)15-25(28)29/h2-14H,15-17H2,1H3,(H,28,29). The van der Waals surface area contributed by atoms with Gasteiger partial charge in [-0.3, -0.25) is 4.79 Å². The van der Waals surface area contributed by atoms with Crippen molar-refractivity contribution < 1.29 is 23.8 Å². The van der Waals surface area contributed by atoms with E-state index in [1.165, 1.54) is 0 Å². The number of hydrogen-bond donors (Lipinski definition) is 1. The van der Waals surface area contributed by atoms with Crippen molar-refractivity contribution in [2.45, 2.75) is 26.6 Å². The number of para-hydroxylation sites is 1. The van der Waals surface area contributed by atoms with Gasteiger partial charge in [0.05, 0.1) is 6.42 Å². The molecule has 1 heterocycles. The Morgan fingerprint density at radius 1 is 0.906 bits per heavy atom. The van der Waals surface area contributed by atoms with Crippen molar-refractivity contribution in [3.63, 3.8) is 0 Å². The van der Waals surface area contributed by atoms with E-state index >= 15 is 0 Å². The van der Waals surface area contributed by atoms with E-state index in [-0.39, 0.29) is 6.42 Å². The van der Waals surface area contributed by atoms with Gasteiger partial charge in [0, 0.05) is 11.1 Å². The predicted molar refractivity (Wildman–Crippen MR) is 120 cm³/mol. The summed E-state index contributed by atoms with van der Waals surface area (Å²) >= 11 is 0. The molecule has 4 aromatic rings. The van der Waals surface area contributed by atoms with Crippen LogP contribution in [0.5, 0.6) is 11.5 Å². The molecule has 0 spiro atoms. The highest BCUT2D eigenvalue weighted by Gasteiger charge is 2.12. The average Bonchev–Trinajstić information content (AvgIpc) is 3.18. The van der Waals surface area contributed by atoms with Gasteiger partial charge in [-0.2, -0.15) is 0 Å². The number of hydrogen-bond acceptors (Lipinski definition) is 5. The van der Waals surface area contributed by atoms with Crippen molar-refractivity contribution >= 4 is 5.97 Å². The zero-order chi connectivity index (χ0) is 22.3. The lowest BCUT2D eigenvalue weighted by Gasteiger charge is -2.11. The highest BCUT2D eigenvalue weighted by atomic mass is 16.5. The van der Waals surface area contributed by atoms with Crippen LogP contribution in [0.3, 0.4) is 0 Å². The lowest BCUT2D eigenvalue weighted by atomic mass is 10.1. The van der Waals surface area contributed by atoms with Gasteiger partial charge in [0.1, 0.15) is 36.2 Å². The Labute approximate surface area is 186 Å². The number of ether oxygens (including phenoxy) is 2. The topological polar surface area (TPSA) is 81.8 Å². The SMILES string of the molecule is Cc1oc(-c2ccccc2)nc1COc1ccc(COc2ccccc2CC(=O)O)cc1. The van der Waals surface area contributed by atoms with Crippen LogP contribution in [-0.2, 0) is 24.4 Å². The van der Waals surface area contributed by atoms with Crippen LogP contribution in [-0.4, -0.2) is 16.1 Å². The number of carboxylic acid groups (broad SMARTS) is 1. The molecular weight excluding hydrogens is 406 g/mol. The Morgan fingerprint density at radius 3 is 2.38 bits per heavy atom. The second-order valence-electron chi connectivity index (χ2n) is 7.29. The van der Waals surface area contributed by atoms with Crippen molar-refractivity contribution in [2.75, 3.05) is 0 Å². The minimum Gasteiger partial charge on any atom is -0.489 e. The van der Waals surface area contributed by atoms with Gasteiger partial charge >= 0.3 is 5.97 Å². The first-order valence-electron chi connectivity index (χ1n) is 10.2. The molecule has 0 unspecified atom stereocenters. The Morgan fingerprint density at radius 2 is 1.62 bits per heavy atom. The van der Waals surface area contributed by atoms with E-state index in [4.69, 9.17) is 19.0 Å². The second-order valence-corrected chi connectivity index (χ2v) is 7.29. The minimum atomic E-state index is -0.888. The van der Waals surface area contributed by atoms with Crippen LogP contribution in [0.25, 0.3) is 11.5 Å². The molecule has 0 atom stereocenters. The molecule has 0 saturated heterocycles. The molecule has 32 heavy (non-hydrogen) atoms. The fourth-order valence-corrected chi connectivity index (χ4v) is 3.21. The summed E-state index contributed by atoms with van der Waals surface area (Å²) in [6.45, 7) is 2.51. The van der Waals surface area contributed by atoms with Crippen LogP contribution in [0.15, 0.2) is 83.3 Å². The van der Waals surface area contributed by atoms with Gasteiger partial charge in [-0.1, -0.05) is 48.5 Å². The van der Waals surface area contributed by atoms with Gasteiger partial charge < -0.3 is 19.0 Å². The lowest BCUT2D eigenvalue weighted by Crippen LogP contribution is -2.04. The monoisotopic (exact) mass is 429 g/mol. The smallest absolute Gasteiger partial charge is 0.307 e. The first-order chi connectivity index (χ1) is 15.6. The number of aromatic nitrogens is 1. The molecule has 0 fully saturated rings. The van der Waals surface area contributed by atoms with E-state index < -0.39 is 5.97 Å². The zero-order valence-electron chi connectivity index (χ0n) is 17.7. The van der Waals surface area contributed by atoms with Crippen LogP contribution < -0.4 is 9.47 Å². The third-order valence-corrected chi connectivity index (χ3v) is 4.92. The Hall–Kier alpha value is -4.06. The summed E-state index contributed by atoms with van der Waals surface area (Å²) in [7, 11) is 0. The highest BCUT2D eigenvalue weighted by Crippen LogP contribution is 2.24. The van der Waals surface area contributed by atoms with Crippen molar-refractivity contribution in [1.29, 1.82) is 0 Å². The molecule has 0 aliphatic heterocycles. The molecule has 0 aliphatic carbocycles. The summed E-state index contributed by atoms with van der Waals surface area (Å²) in [4.78, 5) is 15.6. The van der Waals surface area contributed by atoms with Crippen LogP contribution in [0.2, 0.25) is 0 Å². The molecule has 1 aromatic heterocycles. The molecule has 1 N–H and O–H groups in total. The molecule has 0 saturated carbocycles. The Bertz CT molecular complexity index is 1180. The lowest BCUT2D eigenvalue weighted by molar-refractivity contribution is -0.136. The summed E-state index contributed by atoms with van der Waals surface area (Å²) in [5, 5.41) is 9.04. The number of oxazole rings is 1. The van der Waals surface area contributed by atoms with Crippen LogP contribution in [0.4, 0.5) is 0 Å². The van der Waals surface area contributed by atoms with E-state index in [0.717, 1.165) is 22.6 Å². The van der Waals surface area contributed by atoms with Gasteiger partial charge in [0.15, 0.2) is 0 Å². The Kier molecular flexibility index (Phi) is 6.51. The number of carbonyl (C=O) groups is 1. The van der Waals surface area contributed by atoms with Crippen molar-refractivity contribution in [3.05, 3.63) is 101 Å². The summed E-state index contributed by atoms with van der Waals surface area (Å²) in [5.74, 6) is 1.71. The summed E-state index contributed by atoms with van der Waals surface area (Å²) in [5.41, 5.74) is 3.28. The third-order valence-electron chi connectivity index (χ3n) is 4.92. The van der Waals surface area contributed by atoms with Gasteiger partial charge in [0.2, 0.25) is 5.89 Å². The first kappa shape index (κ1) is 21.2. The molecule has 0 radical (unpaired) electrons. The number of nitrogens with zero attached hydrogens (tertiary/aromatic N) is 1. The molecule has 3 aromatic carbocycles. The second kappa shape index (κ2) is 9.83. The molecule has 0 amide bonds. The fourth-order valence-electron chi connectivity index (χ4n) is 3.21. The maximum atomic E-state index is 11.0. The van der Waals surface area contributed by atoms with E-state index in [1.54, 1.807) is 18.2 Å². The Balaban J connectivity index is 1.34. The van der Waals surface area contributed by atoms with Crippen molar-refractivity contribution in [1.82, 2.24) is 4.98 Å².